The third-order valence-corrected chi connectivity index (χ3v) is 7.37. The number of amides is 1. The molecule has 2 heterocycles. The number of nitrogens with one attached hydrogen (secondary N) is 2. The molecule has 1 aliphatic heterocycles. The van der Waals surface area contributed by atoms with Crippen molar-refractivity contribution in [3.8, 4) is 11.5 Å². The van der Waals surface area contributed by atoms with Gasteiger partial charge in [0.25, 0.3) is 0 Å². The van der Waals surface area contributed by atoms with Crippen molar-refractivity contribution in [2.75, 3.05) is 25.1 Å². The van der Waals surface area contributed by atoms with Gasteiger partial charge in [0.05, 0.1) is 10.9 Å². The Hall–Kier alpha value is -3.56. The van der Waals surface area contributed by atoms with E-state index < -0.39 is 17.5 Å². The lowest BCUT2D eigenvalue weighted by molar-refractivity contribution is -0.139. The molecule has 1 amide bonds. The second-order valence-electron chi connectivity index (χ2n) is 10.0. The largest absolute Gasteiger partial charge is 0.490 e. The highest BCUT2D eigenvalue weighted by Crippen LogP contribution is 2.52. The minimum Gasteiger partial charge on any atom is -0.490 e. The van der Waals surface area contributed by atoms with Crippen LogP contribution in [0.4, 0.5) is 5.69 Å². The van der Waals surface area contributed by atoms with Crippen molar-refractivity contribution < 1.29 is 29.3 Å². The molecule has 1 fully saturated rings. The summed E-state index contributed by atoms with van der Waals surface area (Å²) in [6, 6.07) is 13.2. The highest BCUT2D eigenvalue weighted by Gasteiger charge is 2.50. The fourth-order valence-electron chi connectivity index (χ4n) is 5.62. The number of aliphatic carboxylic acids is 1. The number of aliphatic hydroxyl groups excluding tert-OH is 1. The van der Waals surface area contributed by atoms with Gasteiger partial charge in [0, 0.05) is 42.0 Å². The summed E-state index contributed by atoms with van der Waals surface area (Å²) in [6.07, 6.45) is 4.93. The molecule has 9 heteroatoms. The van der Waals surface area contributed by atoms with E-state index in [-0.39, 0.29) is 32.6 Å². The molecule has 1 aliphatic carbocycles. The van der Waals surface area contributed by atoms with Crippen molar-refractivity contribution in [2.45, 2.75) is 64.1 Å². The molecule has 38 heavy (non-hydrogen) atoms. The average Bonchev–Trinajstić information content (AvgIpc) is 3.60. The molecule has 3 aromatic rings. The van der Waals surface area contributed by atoms with Gasteiger partial charge in [-0.3, -0.25) is 4.79 Å². The number of hydrogen-bond donors (Lipinski definition) is 4. The van der Waals surface area contributed by atoms with E-state index in [1.165, 1.54) is 0 Å². The van der Waals surface area contributed by atoms with Crippen LogP contribution in [0.1, 0.15) is 45.6 Å². The predicted molar refractivity (Wildman–Crippen MR) is 146 cm³/mol. The monoisotopic (exact) mass is 523 g/mol. The van der Waals surface area contributed by atoms with Crippen LogP contribution in [0.5, 0.6) is 11.5 Å². The van der Waals surface area contributed by atoms with Crippen LogP contribution in [0.15, 0.2) is 48.7 Å². The zero-order valence-corrected chi connectivity index (χ0v) is 20.9. The van der Waals surface area contributed by atoms with Crippen LogP contribution < -0.4 is 20.1 Å². The van der Waals surface area contributed by atoms with Gasteiger partial charge in [0.15, 0.2) is 6.61 Å². The van der Waals surface area contributed by atoms with Crippen molar-refractivity contribution in [3.63, 3.8) is 0 Å². The van der Waals surface area contributed by atoms with Gasteiger partial charge in [-0.15, -0.1) is 0 Å². The Morgan fingerprint density at radius 1 is 1.13 bits per heavy atom. The first kappa shape index (κ1) is 27.5. The zero-order chi connectivity index (χ0) is 26.0. The number of nitrogens with zero attached hydrogens (tertiary/aromatic N) is 1. The third-order valence-electron chi connectivity index (χ3n) is 7.37. The fourth-order valence-corrected chi connectivity index (χ4v) is 5.62. The van der Waals surface area contributed by atoms with Crippen LogP contribution in [0.3, 0.4) is 0 Å². The molecule has 2 aromatic carbocycles. The smallest absolute Gasteiger partial charge is 0.341 e. The van der Waals surface area contributed by atoms with Gasteiger partial charge in [-0.1, -0.05) is 32.4 Å². The van der Waals surface area contributed by atoms with Crippen LogP contribution >= 0.6 is 0 Å². The highest BCUT2D eigenvalue weighted by molar-refractivity contribution is 6.07. The highest BCUT2D eigenvalue weighted by atomic mass is 16.5. The van der Waals surface area contributed by atoms with Gasteiger partial charge in [-0.2, -0.15) is 0 Å². The second kappa shape index (κ2) is 11.4. The number of hydrogen-bond acceptors (Lipinski definition) is 6. The van der Waals surface area contributed by atoms with Crippen molar-refractivity contribution in [1.29, 1.82) is 0 Å². The maximum atomic E-state index is 12.8. The first-order valence-corrected chi connectivity index (χ1v) is 12.8. The van der Waals surface area contributed by atoms with Gasteiger partial charge < -0.3 is 34.9 Å². The second-order valence-corrected chi connectivity index (χ2v) is 10.0. The zero-order valence-electron chi connectivity index (χ0n) is 20.9. The Bertz CT molecular complexity index is 1300. The number of ether oxygens (including phenoxy) is 2. The van der Waals surface area contributed by atoms with E-state index in [4.69, 9.17) is 14.6 Å². The molecule has 5 rings (SSSR count). The Morgan fingerprint density at radius 2 is 1.87 bits per heavy atom. The molecule has 2 atom stereocenters. The summed E-state index contributed by atoms with van der Waals surface area (Å²) in [6.45, 7) is 2.78. The number of carbonyl (C=O) groups excluding carboxylic acids is 1. The van der Waals surface area contributed by atoms with E-state index in [0.717, 1.165) is 47.8 Å². The molecular weight excluding hydrogens is 486 g/mol. The third kappa shape index (κ3) is 5.35. The van der Waals surface area contributed by atoms with Crippen LogP contribution in [-0.4, -0.2) is 58.6 Å². The van der Waals surface area contributed by atoms with Crippen LogP contribution in [0, 0.1) is 0 Å². The molecule has 1 aromatic heterocycles. The van der Waals surface area contributed by atoms with E-state index in [0.29, 0.717) is 24.6 Å². The number of carboxylic acids is 1. The summed E-state index contributed by atoms with van der Waals surface area (Å²) in [7, 11) is 0. The summed E-state index contributed by atoms with van der Waals surface area (Å²) < 4.78 is 13.5. The topological polar surface area (TPSA) is 122 Å². The number of carboxylic acid groups (broad SMARTS) is 1. The van der Waals surface area contributed by atoms with Crippen LogP contribution in [-0.2, 0) is 21.5 Å². The minimum absolute atomic E-state index is 0. The van der Waals surface area contributed by atoms with Crippen molar-refractivity contribution in [1.82, 2.24) is 9.88 Å². The Morgan fingerprint density at radius 3 is 2.63 bits per heavy atom. The Labute approximate surface area is 222 Å². The molecule has 9 nitrogen and oxygen atoms in total. The molecule has 1 saturated carbocycles. The quantitative estimate of drug-likeness (QED) is 0.300. The van der Waals surface area contributed by atoms with E-state index in [2.05, 4.69) is 15.2 Å². The first-order chi connectivity index (χ1) is 17.9. The van der Waals surface area contributed by atoms with Crippen LogP contribution in [0.25, 0.3) is 10.9 Å². The minimum atomic E-state index is -1.02. The normalized spacial score (nSPS) is 17.1. The lowest BCUT2D eigenvalue weighted by Gasteiger charge is -2.24. The van der Waals surface area contributed by atoms with E-state index >= 15 is 0 Å². The standard InChI is InChI=1S/C28H33N3O6.CH4/c1-18(15-31-13-10-20-22(31)7-5-8-23(20)37-17-25(33)34)29-14-19(32)16-36-24-9-4-6-21-26(24)28(27(35)30-21)11-2-3-12-28;/h4-10,13,18-19,29,32H,2-3,11-12,14-17H2,1H3,(H,30,35)(H,33,34);1H4/t18-,19+;/m1./s1. The molecule has 2 aliphatic rings. The van der Waals surface area contributed by atoms with Gasteiger partial charge in [0.2, 0.25) is 5.91 Å². The number of anilines is 1. The summed E-state index contributed by atoms with van der Waals surface area (Å²) in [5.41, 5.74) is 2.21. The number of carbonyl (C=O) groups is 2. The van der Waals surface area contributed by atoms with Crippen molar-refractivity contribution in [3.05, 3.63) is 54.2 Å². The number of fused-ring (bicyclic) bond motifs is 3. The summed E-state index contributed by atoms with van der Waals surface area (Å²) in [4.78, 5) is 23.6. The van der Waals surface area contributed by atoms with Gasteiger partial charge >= 0.3 is 5.97 Å². The lowest BCUT2D eigenvalue weighted by atomic mass is 9.79. The van der Waals surface area contributed by atoms with Gasteiger partial charge in [0.1, 0.15) is 24.2 Å². The molecular formula is C29H37N3O6. The molecule has 0 saturated heterocycles. The average molecular weight is 524 g/mol. The van der Waals surface area contributed by atoms with Crippen LogP contribution in [0.2, 0.25) is 0 Å². The van der Waals surface area contributed by atoms with Crippen molar-refractivity contribution in [2.24, 2.45) is 0 Å². The first-order valence-electron chi connectivity index (χ1n) is 12.8. The number of aliphatic hydroxyl groups is 1. The Balaban J connectivity index is 0.00000336. The fraction of sp³-hybridized carbons (Fsp3) is 0.448. The number of aromatic nitrogens is 1. The summed E-state index contributed by atoms with van der Waals surface area (Å²) >= 11 is 0. The number of benzene rings is 2. The number of rotatable bonds is 11. The summed E-state index contributed by atoms with van der Waals surface area (Å²) in [5.74, 6) is 0.252. The maximum Gasteiger partial charge on any atom is 0.341 e. The molecule has 1 spiro atoms. The van der Waals surface area contributed by atoms with Gasteiger partial charge in [-0.05, 0) is 50.1 Å². The maximum absolute atomic E-state index is 12.8. The lowest BCUT2D eigenvalue weighted by Crippen LogP contribution is -2.38. The van der Waals surface area contributed by atoms with E-state index in [1.807, 2.05) is 49.5 Å². The van der Waals surface area contributed by atoms with E-state index in [9.17, 15) is 14.7 Å². The molecule has 0 bridgehead atoms. The Kier molecular flexibility index (Phi) is 8.28. The van der Waals surface area contributed by atoms with E-state index in [1.54, 1.807) is 6.07 Å². The predicted octanol–water partition coefficient (Wildman–Crippen LogP) is 3.92. The SMILES string of the molecule is C.C[C@H](Cn1ccc2c(OCC(=O)O)cccc21)NC[C@H](O)COc1cccc2c1C1(CCCC1)C(=O)N2. The van der Waals surface area contributed by atoms with Crippen molar-refractivity contribution >= 4 is 28.5 Å². The summed E-state index contributed by atoms with van der Waals surface area (Å²) in [5, 5.41) is 26.7. The molecule has 4 N–H and O–H groups in total. The molecule has 0 unspecified atom stereocenters. The molecule has 204 valence electrons. The van der Waals surface area contributed by atoms with Gasteiger partial charge in [-0.25, -0.2) is 4.79 Å². The molecule has 0 radical (unpaired) electrons.